The third-order valence-electron chi connectivity index (χ3n) is 3.76. The number of hydrogen-bond donors (Lipinski definition) is 0. The van der Waals surface area contributed by atoms with E-state index in [1.54, 1.807) is 18.2 Å². The Morgan fingerprint density at radius 3 is 2.70 bits per heavy atom. The van der Waals surface area contributed by atoms with Gasteiger partial charge in [-0.15, -0.1) is 0 Å². The minimum atomic E-state index is -0.416. The van der Waals surface area contributed by atoms with Gasteiger partial charge < -0.3 is 4.90 Å². The maximum atomic E-state index is 13.7. The molecule has 0 saturated heterocycles. The molecule has 0 saturated carbocycles. The standard InChI is InChI=1S/C16H14ClF2N/c1-20-8-11-6-12(18)3-4-13(11)14(9-20)10-2-5-15(17)16(19)7-10/h2-7,14H,8-9H2,1H3. The summed E-state index contributed by atoms with van der Waals surface area (Å²) < 4.78 is 27.0. The summed E-state index contributed by atoms with van der Waals surface area (Å²) in [7, 11) is 1.98. The van der Waals surface area contributed by atoms with E-state index in [2.05, 4.69) is 4.90 Å². The molecular formula is C16H14ClF2N. The van der Waals surface area contributed by atoms with Crippen molar-refractivity contribution in [3.63, 3.8) is 0 Å². The molecule has 104 valence electrons. The van der Waals surface area contributed by atoms with Crippen molar-refractivity contribution in [2.45, 2.75) is 12.5 Å². The van der Waals surface area contributed by atoms with Gasteiger partial charge in [-0.2, -0.15) is 0 Å². The molecule has 0 amide bonds. The van der Waals surface area contributed by atoms with E-state index in [1.165, 1.54) is 12.1 Å². The summed E-state index contributed by atoms with van der Waals surface area (Å²) in [6.45, 7) is 1.49. The third kappa shape index (κ3) is 2.43. The third-order valence-corrected chi connectivity index (χ3v) is 4.07. The van der Waals surface area contributed by atoms with Gasteiger partial charge in [0.15, 0.2) is 0 Å². The highest BCUT2D eigenvalue weighted by atomic mass is 35.5. The van der Waals surface area contributed by atoms with E-state index in [9.17, 15) is 8.78 Å². The number of fused-ring (bicyclic) bond motifs is 1. The first-order valence-electron chi connectivity index (χ1n) is 6.46. The van der Waals surface area contributed by atoms with E-state index in [0.29, 0.717) is 6.54 Å². The van der Waals surface area contributed by atoms with Crippen LogP contribution < -0.4 is 0 Å². The van der Waals surface area contributed by atoms with Gasteiger partial charge in [-0.1, -0.05) is 23.7 Å². The summed E-state index contributed by atoms with van der Waals surface area (Å²) in [5.74, 6) is -0.614. The Morgan fingerprint density at radius 1 is 1.15 bits per heavy atom. The monoisotopic (exact) mass is 293 g/mol. The minimum absolute atomic E-state index is 0.0381. The summed E-state index contributed by atoms with van der Waals surface area (Å²) in [5, 5.41) is 0.122. The van der Waals surface area contributed by atoms with Crippen LogP contribution in [0.15, 0.2) is 36.4 Å². The first-order valence-corrected chi connectivity index (χ1v) is 6.84. The van der Waals surface area contributed by atoms with Gasteiger partial charge in [-0.05, 0) is 48.0 Å². The van der Waals surface area contributed by atoms with Crippen LogP contribution in [-0.4, -0.2) is 18.5 Å². The van der Waals surface area contributed by atoms with E-state index in [-0.39, 0.29) is 16.8 Å². The van der Waals surface area contributed by atoms with Crippen LogP contribution >= 0.6 is 11.6 Å². The molecule has 0 fully saturated rings. The van der Waals surface area contributed by atoms with Crippen molar-refractivity contribution < 1.29 is 8.78 Å². The van der Waals surface area contributed by atoms with Crippen LogP contribution in [0.3, 0.4) is 0 Å². The molecule has 1 aliphatic rings. The van der Waals surface area contributed by atoms with Crippen LogP contribution in [0.4, 0.5) is 8.78 Å². The summed E-state index contributed by atoms with van der Waals surface area (Å²) in [5.41, 5.74) is 2.89. The molecule has 3 rings (SSSR count). The Bertz CT molecular complexity index is 657. The average Bonchev–Trinajstić information content (AvgIpc) is 2.40. The molecule has 0 bridgehead atoms. The van der Waals surface area contributed by atoms with Crippen molar-refractivity contribution in [2.75, 3.05) is 13.6 Å². The van der Waals surface area contributed by atoms with Crippen LogP contribution in [-0.2, 0) is 6.54 Å². The molecule has 2 aromatic rings. The summed E-state index contributed by atoms with van der Waals surface area (Å²) >= 11 is 5.73. The van der Waals surface area contributed by atoms with E-state index in [0.717, 1.165) is 23.2 Å². The second kappa shape index (κ2) is 5.15. The Balaban J connectivity index is 2.08. The van der Waals surface area contributed by atoms with Crippen LogP contribution in [0.5, 0.6) is 0 Å². The first-order chi connectivity index (χ1) is 9.54. The fraction of sp³-hybridized carbons (Fsp3) is 0.250. The molecule has 1 atom stereocenters. The minimum Gasteiger partial charge on any atom is -0.301 e. The highest BCUT2D eigenvalue weighted by molar-refractivity contribution is 6.30. The molecule has 1 heterocycles. The van der Waals surface area contributed by atoms with Crippen molar-refractivity contribution in [3.8, 4) is 0 Å². The van der Waals surface area contributed by atoms with Gasteiger partial charge in [-0.25, -0.2) is 8.78 Å². The quantitative estimate of drug-likeness (QED) is 0.762. The maximum absolute atomic E-state index is 13.7. The van der Waals surface area contributed by atoms with E-state index < -0.39 is 5.82 Å². The van der Waals surface area contributed by atoms with Gasteiger partial charge >= 0.3 is 0 Å². The predicted octanol–water partition coefficient (Wildman–Crippen LogP) is 4.20. The lowest BCUT2D eigenvalue weighted by Gasteiger charge is -2.32. The second-order valence-corrected chi connectivity index (χ2v) is 5.67. The fourth-order valence-corrected chi connectivity index (χ4v) is 2.95. The number of halogens is 3. The highest BCUT2D eigenvalue weighted by Gasteiger charge is 2.25. The Hall–Kier alpha value is -1.45. The number of hydrogen-bond acceptors (Lipinski definition) is 1. The molecule has 0 aliphatic carbocycles. The van der Waals surface area contributed by atoms with Crippen molar-refractivity contribution in [1.29, 1.82) is 0 Å². The Morgan fingerprint density at radius 2 is 1.95 bits per heavy atom. The molecule has 20 heavy (non-hydrogen) atoms. The molecule has 1 nitrogen and oxygen atoms in total. The van der Waals surface area contributed by atoms with Crippen LogP contribution in [0.25, 0.3) is 0 Å². The fourth-order valence-electron chi connectivity index (χ4n) is 2.83. The molecule has 2 aromatic carbocycles. The number of benzene rings is 2. The lowest BCUT2D eigenvalue weighted by molar-refractivity contribution is 0.294. The van der Waals surface area contributed by atoms with Crippen LogP contribution in [0, 0.1) is 11.6 Å². The number of rotatable bonds is 1. The van der Waals surface area contributed by atoms with Gasteiger partial charge in [0.1, 0.15) is 11.6 Å². The zero-order chi connectivity index (χ0) is 14.3. The van der Waals surface area contributed by atoms with Crippen LogP contribution in [0.1, 0.15) is 22.6 Å². The van der Waals surface area contributed by atoms with E-state index in [4.69, 9.17) is 11.6 Å². The van der Waals surface area contributed by atoms with Crippen LogP contribution in [0.2, 0.25) is 5.02 Å². The summed E-state index contributed by atoms with van der Waals surface area (Å²) in [4.78, 5) is 2.11. The van der Waals surface area contributed by atoms with Crippen molar-refractivity contribution in [1.82, 2.24) is 4.90 Å². The highest BCUT2D eigenvalue weighted by Crippen LogP contribution is 2.34. The van der Waals surface area contributed by atoms with Gasteiger partial charge in [0.25, 0.3) is 0 Å². The van der Waals surface area contributed by atoms with E-state index >= 15 is 0 Å². The van der Waals surface area contributed by atoms with Gasteiger partial charge in [0.2, 0.25) is 0 Å². The number of likely N-dealkylation sites (N-methyl/N-ethyl adjacent to an activating group) is 1. The summed E-state index contributed by atoms with van der Waals surface area (Å²) in [6, 6.07) is 9.70. The summed E-state index contributed by atoms with van der Waals surface area (Å²) in [6.07, 6.45) is 0. The molecule has 4 heteroatoms. The smallest absolute Gasteiger partial charge is 0.142 e. The normalized spacial score (nSPS) is 18.9. The lowest BCUT2D eigenvalue weighted by Crippen LogP contribution is -2.31. The lowest BCUT2D eigenvalue weighted by atomic mass is 9.85. The Kier molecular flexibility index (Phi) is 3.48. The van der Waals surface area contributed by atoms with Gasteiger partial charge in [0.05, 0.1) is 5.02 Å². The zero-order valence-corrected chi connectivity index (χ0v) is 11.8. The number of nitrogens with zero attached hydrogens (tertiary/aromatic N) is 1. The molecule has 0 aromatic heterocycles. The zero-order valence-electron chi connectivity index (χ0n) is 11.0. The predicted molar refractivity (Wildman–Crippen MR) is 76.0 cm³/mol. The topological polar surface area (TPSA) is 3.24 Å². The maximum Gasteiger partial charge on any atom is 0.142 e. The largest absolute Gasteiger partial charge is 0.301 e. The van der Waals surface area contributed by atoms with E-state index in [1.807, 2.05) is 13.1 Å². The molecule has 1 unspecified atom stereocenters. The van der Waals surface area contributed by atoms with Gasteiger partial charge in [-0.3, -0.25) is 0 Å². The van der Waals surface area contributed by atoms with Crippen molar-refractivity contribution >= 4 is 11.6 Å². The molecule has 0 radical (unpaired) electrons. The molecular weight excluding hydrogens is 280 g/mol. The SMILES string of the molecule is CN1Cc2cc(F)ccc2C(c2ccc(Cl)c(F)c2)C1. The first kappa shape index (κ1) is 13.5. The Labute approximate surface area is 121 Å². The second-order valence-electron chi connectivity index (χ2n) is 5.27. The average molecular weight is 294 g/mol. The van der Waals surface area contributed by atoms with Gasteiger partial charge in [0, 0.05) is 19.0 Å². The van der Waals surface area contributed by atoms with Crippen molar-refractivity contribution in [3.05, 3.63) is 69.7 Å². The van der Waals surface area contributed by atoms with Crippen molar-refractivity contribution in [2.24, 2.45) is 0 Å². The molecule has 0 spiro atoms. The molecule has 1 aliphatic heterocycles. The molecule has 0 N–H and O–H groups in total.